The van der Waals surface area contributed by atoms with E-state index in [-0.39, 0.29) is 6.04 Å². The largest absolute Gasteiger partial charge is 0.480 e. The summed E-state index contributed by atoms with van der Waals surface area (Å²) in [5.41, 5.74) is -0.718. The lowest BCUT2D eigenvalue weighted by atomic mass is 9.96. The van der Waals surface area contributed by atoms with Gasteiger partial charge in [-0.2, -0.15) is 0 Å². The Labute approximate surface area is 128 Å². The molecule has 0 radical (unpaired) electrons. The molecule has 1 heterocycles. The Kier molecular flexibility index (Phi) is 5.28. The minimum Gasteiger partial charge on any atom is -0.480 e. The van der Waals surface area contributed by atoms with Crippen LogP contribution in [0.4, 0.5) is 0 Å². The average molecular weight is 297 g/mol. The third-order valence-corrected chi connectivity index (χ3v) is 5.18. The first-order valence-electron chi connectivity index (χ1n) is 8.37. The molecule has 21 heavy (non-hydrogen) atoms. The van der Waals surface area contributed by atoms with Crippen LogP contribution in [-0.2, 0) is 4.79 Å². The van der Waals surface area contributed by atoms with Crippen molar-refractivity contribution in [1.29, 1.82) is 0 Å². The maximum absolute atomic E-state index is 11.8. The number of carbonyl (C=O) groups is 1. The van der Waals surface area contributed by atoms with Gasteiger partial charge in [-0.25, -0.2) is 0 Å². The van der Waals surface area contributed by atoms with E-state index in [0.29, 0.717) is 12.1 Å². The summed E-state index contributed by atoms with van der Waals surface area (Å²) in [4.78, 5) is 16.8. The molecule has 5 nitrogen and oxygen atoms in total. The van der Waals surface area contributed by atoms with Crippen molar-refractivity contribution in [2.45, 2.75) is 70.6 Å². The van der Waals surface area contributed by atoms with Gasteiger partial charge in [0.2, 0.25) is 0 Å². The zero-order valence-corrected chi connectivity index (χ0v) is 13.9. The summed E-state index contributed by atoms with van der Waals surface area (Å²) >= 11 is 0. The molecule has 2 rings (SSSR count). The van der Waals surface area contributed by atoms with Gasteiger partial charge in [0.05, 0.1) is 0 Å². The quantitative estimate of drug-likeness (QED) is 0.803. The fourth-order valence-corrected chi connectivity index (χ4v) is 4.10. The van der Waals surface area contributed by atoms with Crippen molar-refractivity contribution < 1.29 is 9.90 Å². The normalized spacial score (nSPS) is 35.5. The second-order valence-electron chi connectivity index (χ2n) is 7.06. The molecule has 0 spiro atoms. The zero-order valence-electron chi connectivity index (χ0n) is 13.9. The minimum absolute atomic E-state index is 0.204. The molecule has 5 heteroatoms. The molecule has 1 aliphatic carbocycles. The summed E-state index contributed by atoms with van der Waals surface area (Å²) in [5, 5.41) is 13.0. The van der Waals surface area contributed by atoms with Gasteiger partial charge >= 0.3 is 5.97 Å². The third kappa shape index (κ3) is 3.58. The summed E-state index contributed by atoms with van der Waals surface area (Å²) in [7, 11) is 0. The average Bonchev–Trinajstić information content (AvgIpc) is 2.83. The second kappa shape index (κ2) is 6.63. The van der Waals surface area contributed by atoms with Gasteiger partial charge in [-0.05, 0) is 46.6 Å². The predicted octanol–water partition coefficient (Wildman–Crippen LogP) is 1.39. The van der Waals surface area contributed by atoms with Gasteiger partial charge in [0.15, 0.2) is 0 Å². The summed E-state index contributed by atoms with van der Waals surface area (Å²) in [6.45, 7) is 12.9. The Bertz CT molecular complexity index is 375. The van der Waals surface area contributed by atoms with Crippen molar-refractivity contribution in [3.05, 3.63) is 0 Å². The highest BCUT2D eigenvalue weighted by molar-refractivity contribution is 5.79. The number of piperazine rings is 1. The van der Waals surface area contributed by atoms with Gasteiger partial charge < -0.3 is 5.11 Å². The standard InChI is InChI=1S/C16H31N3O2/c1-5-18-8-9-19(11-13(18)4)14-6-7-16(10-14,15(20)21)17-12(2)3/h12-14,17H,5-11H2,1-4H3,(H,20,21). The summed E-state index contributed by atoms with van der Waals surface area (Å²) < 4.78 is 0. The number of carboxylic acid groups (broad SMARTS) is 1. The Morgan fingerprint density at radius 1 is 1.43 bits per heavy atom. The van der Waals surface area contributed by atoms with Crippen LogP contribution in [0.2, 0.25) is 0 Å². The van der Waals surface area contributed by atoms with Gasteiger partial charge in [-0.15, -0.1) is 0 Å². The Hall–Kier alpha value is -0.650. The molecule has 2 aliphatic rings. The lowest BCUT2D eigenvalue weighted by Gasteiger charge is -2.42. The summed E-state index contributed by atoms with van der Waals surface area (Å²) in [6.07, 6.45) is 2.47. The SMILES string of the molecule is CCN1CCN(C2CCC(NC(C)C)(C(=O)O)C2)CC1C. The van der Waals surface area contributed by atoms with Crippen LogP contribution in [0.5, 0.6) is 0 Å². The maximum Gasteiger partial charge on any atom is 0.323 e. The predicted molar refractivity (Wildman–Crippen MR) is 84.6 cm³/mol. The molecule has 1 aliphatic heterocycles. The highest BCUT2D eigenvalue weighted by Crippen LogP contribution is 2.34. The first-order valence-corrected chi connectivity index (χ1v) is 8.37. The lowest BCUT2D eigenvalue weighted by molar-refractivity contribution is -0.145. The fraction of sp³-hybridized carbons (Fsp3) is 0.938. The number of carboxylic acids is 1. The van der Waals surface area contributed by atoms with E-state index in [2.05, 4.69) is 29.0 Å². The molecule has 122 valence electrons. The molecule has 2 N–H and O–H groups in total. The second-order valence-corrected chi connectivity index (χ2v) is 7.06. The van der Waals surface area contributed by atoms with E-state index in [1.807, 2.05) is 13.8 Å². The van der Waals surface area contributed by atoms with Crippen molar-refractivity contribution in [3.8, 4) is 0 Å². The fourth-order valence-electron chi connectivity index (χ4n) is 4.10. The summed E-state index contributed by atoms with van der Waals surface area (Å²) in [6, 6.07) is 1.19. The summed E-state index contributed by atoms with van der Waals surface area (Å²) in [5.74, 6) is -0.682. The maximum atomic E-state index is 11.8. The van der Waals surface area contributed by atoms with Crippen LogP contribution in [-0.4, -0.2) is 70.7 Å². The van der Waals surface area contributed by atoms with Gasteiger partial charge in [0, 0.05) is 37.8 Å². The number of nitrogens with zero attached hydrogens (tertiary/aromatic N) is 2. The van der Waals surface area contributed by atoms with E-state index in [1.165, 1.54) is 0 Å². The number of likely N-dealkylation sites (N-methyl/N-ethyl adjacent to an activating group) is 1. The molecule has 3 atom stereocenters. The molecule has 2 fully saturated rings. The molecule has 0 amide bonds. The van der Waals surface area contributed by atoms with Crippen molar-refractivity contribution in [1.82, 2.24) is 15.1 Å². The molecular formula is C16H31N3O2. The van der Waals surface area contributed by atoms with Gasteiger partial charge in [0.1, 0.15) is 5.54 Å². The smallest absolute Gasteiger partial charge is 0.323 e. The van der Waals surface area contributed by atoms with E-state index < -0.39 is 11.5 Å². The number of hydrogen-bond acceptors (Lipinski definition) is 4. The Balaban J connectivity index is 1.99. The monoisotopic (exact) mass is 297 g/mol. The van der Waals surface area contributed by atoms with Crippen LogP contribution in [0, 0.1) is 0 Å². The topological polar surface area (TPSA) is 55.8 Å². The van der Waals surface area contributed by atoms with Crippen molar-refractivity contribution >= 4 is 5.97 Å². The number of hydrogen-bond donors (Lipinski definition) is 2. The van der Waals surface area contributed by atoms with Crippen LogP contribution >= 0.6 is 0 Å². The first kappa shape index (κ1) is 16.7. The molecule has 0 bridgehead atoms. The van der Waals surface area contributed by atoms with E-state index in [1.54, 1.807) is 0 Å². The van der Waals surface area contributed by atoms with Crippen LogP contribution in [0.1, 0.15) is 47.0 Å². The minimum atomic E-state index is -0.718. The van der Waals surface area contributed by atoms with Crippen molar-refractivity contribution in [2.75, 3.05) is 26.2 Å². The molecule has 1 saturated heterocycles. The highest BCUT2D eigenvalue weighted by atomic mass is 16.4. The van der Waals surface area contributed by atoms with Crippen LogP contribution in [0.3, 0.4) is 0 Å². The van der Waals surface area contributed by atoms with Gasteiger partial charge in [0.25, 0.3) is 0 Å². The molecule has 0 aromatic carbocycles. The number of rotatable bonds is 5. The van der Waals surface area contributed by atoms with E-state index in [0.717, 1.165) is 45.4 Å². The molecule has 3 unspecified atom stereocenters. The zero-order chi connectivity index (χ0) is 15.6. The van der Waals surface area contributed by atoms with E-state index >= 15 is 0 Å². The van der Waals surface area contributed by atoms with Gasteiger partial charge in [-0.1, -0.05) is 6.92 Å². The van der Waals surface area contributed by atoms with E-state index in [4.69, 9.17) is 0 Å². The first-order chi connectivity index (χ1) is 9.88. The number of nitrogens with one attached hydrogen (secondary N) is 1. The number of aliphatic carboxylic acids is 1. The van der Waals surface area contributed by atoms with E-state index in [9.17, 15) is 9.90 Å². The van der Waals surface area contributed by atoms with Crippen LogP contribution in [0.25, 0.3) is 0 Å². The highest BCUT2D eigenvalue weighted by Gasteiger charge is 2.47. The lowest BCUT2D eigenvalue weighted by Crippen LogP contribution is -2.56. The van der Waals surface area contributed by atoms with Crippen molar-refractivity contribution in [3.63, 3.8) is 0 Å². The molecular weight excluding hydrogens is 266 g/mol. The molecule has 0 aromatic heterocycles. The third-order valence-electron chi connectivity index (χ3n) is 5.18. The Morgan fingerprint density at radius 2 is 2.14 bits per heavy atom. The van der Waals surface area contributed by atoms with Gasteiger partial charge in [-0.3, -0.25) is 19.9 Å². The Morgan fingerprint density at radius 3 is 2.67 bits per heavy atom. The van der Waals surface area contributed by atoms with Crippen LogP contribution in [0.15, 0.2) is 0 Å². The molecule has 1 saturated carbocycles. The van der Waals surface area contributed by atoms with Crippen molar-refractivity contribution in [2.24, 2.45) is 0 Å². The van der Waals surface area contributed by atoms with Crippen LogP contribution < -0.4 is 5.32 Å². The molecule has 0 aromatic rings.